The molecule has 1 heterocycles. The summed E-state index contributed by atoms with van der Waals surface area (Å²) >= 11 is 0. The van der Waals surface area contributed by atoms with Gasteiger partial charge < -0.3 is 9.64 Å². The fourth-order valence-electron chi connectivity index (χ4n) is 3.07. The summed E-state index contributed by atoms with van der Waals surface area (Å²) in [5, 5.41) is 0. The van der Waals surface area contributed by atoms with E-state index in [0.29, 0.717) is 12.2 Å². The highest BCUT2D eigenvalue weighted by Crippen LogP contribution is 2.26. The van der Waals surface area contributed by atoms with E-state index in [1.807, 2.05) is 61.5 Å². The van der Waals surface area contributed by atoms with Crippen LogP contribution in [0.4, 0.5) is 5.69 Å². The molecule has 5 heteroatoms. The quantitative estimate of drug-likeness (QED) is 0.621. The second-order valence-electron chi connectivity index (χ2n) is 6.34. The number of carbonyl (C=O) groups is 2. The van der Waals surface area contributed by atoms with E-state index in [1.54, 1.807) is 17.0 Å². The summed E-state index contributed by atoms with van der Waals surface area (Å²) in [6.45, 7) is 0.745. The second kappa shape index (κ2) is 7.49. The third kappa shape index (κ3) is 3.88. The first-order valence-electron chi connectivity index (χ1n) is 8.40. The van der Waals surface area contributed by atoms with Crippen LogP contribution in [0.2, 0.25) is 0 Å². The van der Waals surface area contributed by atoms with Crippen molar-refractivity contribution in [2.45, 2.75) is 18.9 Å². The van der Waals surface area contributed by atoms with Crippen LogP contribution in [0.15, 0.2) is 54.6 Å². The predicted molar refractivity (Wildman–Crippen MR) is 96.5 cm³/mol. The minimum absolute atomic E-state index is 0.140. The first-order valence-corrected chi connectivity index (χ1v) is 8.40. The Balaban J connectivity index is 1.72. The Hall–Kier alpha value is -2.66. The van der Waals surface area contributed by atoms with E-state index in [0.717, 1.165) is 24.2 Å². The maximum absolute atomic E-state index is 12.6. The molecule has 0 aliphatic carbocycles. The molecule has 25 heavy (non-hydrogen) atoms. The number of amides is 1. The summed E-state index contributed by atoms with van der Waals surface area (Å²) in [7, 11) is 3.70. The fourth-order valence-corrected chi connectivity index (χ4v) is 3.07. The lowest BCUT2D eigenvalue weighted by atomic mass is 10.1. The Labute approximate surface area is 147 Å². The molecule has 0 radical (unpaired) electrons. The number of anilines is 1. The molecule has 1 fully saturated rings. The molecule has 0 N–H and O–H groups in total. The molecule has 0 aromatic heterocycles. The molecule has 2 aromatic carbocycles. The van der Waals surface area contributed by atoms with Crippen molar-refractivity contribution in [2.75, 3.05) is 25.5 Å². The van der Waals surface area contributed by atoms with Gasteiger partial charge in [0.05, 0.1) is 0 Å². The van der Waals surface area contributed by atoms with E-state index in [1.165, 1.54) is 0 Å². The van der Waals surface area contributed by atoms with Crippen molar-refractivity contribution in [3.8, 4) is 5.75 Å². The van der Waals surface area contributed by atoms with Gasteiger partial charge in [0.2, 0.25) is 5.91 Å². The van der Waals surface area contributed by atoms with Crippen molar-refractivity contribution in [2.24, 2.45) is 0 Å². The number of hydrogen-bond acceptors (Lipinski definition) is 4. The molecular formula is C20H22N2O3. The molecule has 0 unspecified atom stereocenters. The van der Waals surface area contributed by atoms with Crippen molar-refractivity contribution in [3.63, 3.8) is 0 Å². The molecule has 1 aliphatic heterocycles. The summed E-state index contributed by atoms with van der Waals surface area (Å²) in [4.78, 5) is 28.0. The van der Waals surface area contributed by atoms with Crippen LogP contribution in [0, 0.1) is 0 Å². The number of ether oxygens (including phenoxy) is 1. The zero-order chi connectivity index (χ0) is 17.8. The Bertz CT molecular complexity index is 741. The Kier molecular flexibility index (Phi) is 5.14. The molecule has 0 spiro atoms. The normalized spacial score (nSPS) is 15.5. The summed E-state index contributed by atoms with van der Waals surface area (Å²) in [5.41, 5.74) is 1.73. The third-order valence-electron chi connectivity index (χ3n) is 4.30. The van der Waals surface area contributed by atoms with Gasteiger partial charge in [-0.15, -0.1) is 0 Å². The first-order chi connectivity index (χ1) is 12.1. The van der Waals surface area contributed by atoms with Gasteiger partial charge in [0.1, 0.15) is 11.8 Å². The number of likely N-dealkylation sites (N-methyl/N-ethyl adjacent to an activating group) is 1. The number of hydrogen-bond donors (Lipinski definition) is 0. The molecule has 1 aliphatic rings. The van der Waals surface area contributed by atoms with E-state index in [-0.39, 0.29) is 11.9 Å². The number of rotatable bonds is 5. The lowest BCUT2D eigenvalue weighted by Crippen LogP contribution is -2.31. The summed E-state index contributed by atoms with van der Waals surface area (Å²) in [6, 6.07) is 16.2. The van der Waals surface area contributed by atoms with Gasteiger partial charge in [0, 0.05) is 18.7 Å². The number of benzene rings is 2. The van der Waals surface area contributed by atoms with Crippen LogP contribution in [-0.2, 0) is 9.59 Å². The zero-order valence-electron chi connectivity index (χ0n) is 14.5. The minimum atomic E-state index is -0.471. The molecule has 1 amide bonds. The lowest BCUT2D eigenvalue weighted by Gasteiger charge is -2.23. The molecule has 1 saturated heterocycles. The van der Waals surface area contributed by atoms with Crippen LogP contribution < -0.4 is 9.64 Å². The average Bonchev–Trinajstić information content (AvgIpc) is 3.02. The van der Waals surface area contributed by atoms with Crippen molar-refractivity contribution in [1.29, 1.82) is 0 Å². The smallest absolute Gasteiger partial charge is 0.333 e. The maximum atomic E-state index is 12.6. The highest BCUT2D eigenvalue weighted by molar-refractivity contribution is 5.95. The molecule has 0 bridgehead atoms. The average molecular weight is 338 g/mol. The second-order valence-corrected chi connectivity index (χ2v) is 6.34. The topological polar surface area (TPSA) is 49.9 Å². The van der Waals surface area contributed by atoms with Crippen molar-refractivity contribution in [3.05, 3.63) is 60.2 Å². The third-order valence-corrected chi connectivity index (χ3v) is 4.30. The molecular weight excluding hydrogens is 316 g/mol. The lowest BCUT2D eigenvalue weighted by molar-refractivity contribution is -0.139. The van der Waals surface area contributed by atoms with E-state index in [4.69, 9.17) is 4.74 Å². The van der Waals surface area contributed by atoms with Crippen LogP contribution in [0.1, 0.15) is 24.4 Å². The highest BCUT2D eigenvalue weighted by atomic mass is 16.5. The van der Waals surface area contributed by atoms with E-state index in [2.05, 4.69) is 0 Å². The largest absolute Gasteiger partial charge is 0.425 e. The van der Waals surface area contributed by atoms with E-state index in [9.17, 15) is 9.59 Å². The van der Waals surface area contributed by atoms with E-state index < -0.39 is 6.04 Å². The molecule has 1 atom stereocenters. The molecule has 3 rings (SSSR count). The molecule has 2 aromatic rings. The van der Waals surface area contributed by atoms with Gasteiger partial charge in [0.25, 0.3) is 0 Å². The van der Waals surface area contributed by atoms with Gasteiger partial charge in [-0.2, -0.15) is 0 Å². The van der Waals surface area contributed by atoms with Crippen LogP contribution in [0.3, 0.4) is 0 Å². The summed E-state index contributed by atoms with van der Waals surface area (Å²) in [6.07, 6.45) is 1.48. The Morgan fingerprint density at radius 1 is 1.08 bits per heavy atom. The predicted octanol–water partition coefficient (Wildman–Crippen LogP) is 3.02. The van der Waals surface area contributed by atoms with Gasteiger partial charge in [-0.25, -0.2) is 4.79 Å². The van der Waals surface area contributed by atoms with Crippen LogP contribution in [0.25, 0.3) is 0 Å². The van der Waals surface area contributed by atoms with Crippen LogP contribution >= 0.6 is 0 Å². The van der Waals surface area contributed by atoms with Gasteiger partial charge in [-0.3, -0.25) is 9.69 Å². The fraction of sp³-hybridized carbons (Fsp3) is 0.300. The first kappa shape index (κ1) is 17.2. The minimum Gasteiger partial charge on any atom is -0.425 e. The van der Waals surface area contributed by atoms with Gasteiger partial charge >= 0.3 is 5.97 Å². The van der Waals surface area contributed by atoms with Gasteiger partial charge in [0.15, 0.2) is 0 Å². The summed E-state index contributed by atoms with van der Waals surface area (Å²) in [5.74, 6) is 0.283. The number of esters is 1. The summed E-state index contributed by atoms with van der Waals surface area (Å²) < 4.78 is 5.55. The van der Waals surface area contributed by atoms with Crippen molar-refractivity contribution < 1.29 is 14.3 Å². The van der Waals surface area contributed by atoms with Crippen LogP contribution in [-0.4, -0.2) is 37.4 Å². The SMILES string of the molecule is CN(C)[C@H](C(=O)Oc1ccc(N2CCCC2=O)cc1)c1ccccc1. The highest BCUT2D eigenvalue weighted by Gasteiger charge is 2.25. The van der Waals surface area contributed by atoms with Gasteiger partial charge in [-0.05, 0) is 50.3 Å². The maximum Gasteiger partial charge on any atom is 0.333 e. The number of nitrogens with zero attached hydrogens (tertiary/aromatic N) is 2. The van der Waals surface area contributed by atoms with Crippen molar-refractivity contribution >= 4 is 17.6 Å². The van der Waals surface area contributed by atoms with E-state index >= 15 is 0 Å². The standard InChI is InChI=1S/C20H22N2O3/c1-21(2)19(15-7-4-3-5-8-15)20(24)25-17-12-10-16(11-13-17)22-14-6-9-18(22)23/h3-5,7-8,10-13,19H,6,9,14H2,1-2H3/t19-/m0/s1. The molecule has 0 saturated carbocycles. The molecule has 130 valence electrons. The monoisotopic (exact) mass is 338 g/mol. The molecule has 5 nitrogen and oxygen atoms in total. The Morgan fingerprint density at radius 3 is 2.32 bits per heavy atom. The van der Waals surface area contributed by atoms with Crippen molar-refractivity contribution in [1.82, 2.24) is 4.90 Å². The van der Waals surface area contributed by atoms with Crippen LogP contribution in [0.5, 0.6) is 5.75 Å². The Morgan fingerprint density at radius 2 is 1.76 bits per heavy atom. The van der Waals surface area contributed by atoms with Gasteiger partial charge in [-0.1, -0.05) is 30.3 Å². The number of carbonyl (C=O) groups excluding carboxylic acids is 2. The zero-order valence-corrected chi connectivity index (χ0v) is 14.5.